The highest BCUT2D eigenvalue weighted by Gasteiger charge is 2.30. The average Bonchev–Trinajstić information content (AvgIpc) is 2.47. The van der Waals surface area contributed by atoms with Crippen LogP contribution in [0.25, 0.3) is 0 Å². The van der Waals surface area contributed by atoms with Crippen LogP contribution in [0.15, 0.2) is 18.2 Å². The lowest BCUT2D eigenvalue weighted by Gasteiger charge is -2.37. The summed E-state index contributed by atoms with van der Waals surface area (Å²) in [6, 6.07) is 6.27. The summed E-state index contributed by atoms with van der Waals surface area (Å²) < 4.78 is 10.6. The second-order valence-electron chi connectivity index (χ2n) is 5.41. The number of ketones is 1. The van der Waals surface area contributed by atoms with E-state index in [1.165, 1.54) is 5.56 Å². The second-order valence-corrected chi connectivity index (χ2v) is 5.41. The minimum Gasteiger partial charge on any atom is -0.493 e. The first-order valence-corrected chi connectivity index (χ1v) is 7.04. The van der Waals surface area contributed by atoms with Crippen LogP contribution < -0.4 is 9.47 Å². The van der Waals surface area contributed by atoms with Crippen molar-refractivity contribution < 1.29 is 14.3 Å². The summed E-state index contributed by atoms with van der Waals surface area (Å²) in [6.45, 7) is 5.81. The number of methoxy groups -OCH3 is 2. The number of piperidine rings is 1. The van der Waals surface area contributed by atoms with Gasteiger partial charge in [0.15, 0.2) is 11.5 Å². The molecule has 1 aromatic rings. The molecule has 1 saturated heterocycles. The molecule has 20 heavy (non-hydrogen) atoms. The fourth-order valence-electron chi connectivity index (χ4n) is 2.71. The third-order valence-electron chi connectivity index (χ3n) is 4.29. The standard InChI is InChI=1S/C16H23NO3/c1-11-12(2)17(8-7-14(11)18)10-13-5-6-15(19-3)16(9-13)20-4/h5-6,9,11-12H,7-8,10H2,1-4H3. The number of carbonyl (C=O) groups is 1. The first-order valence-electron chi connectivity index (χ1n) is 7.04. The Morgan fingerprint density at radius 1 is 1.20 bits per heavy atom. The van der Waals surface area contributed by atoms with E-state index in [9.17, 15) is 4.79 Å². The first kappa shape index (κ1) is 14.9. The maximum Gasteiger partial charge on any atom is 0.161 e. The molecule has 1 aliphatic rings. The van der Waals surface area contributed by atoms with Crippen LogP contribution in [0.3, 0.4) is 0 Å². The Kier molecular flexibility index (Phi) is 4.65. The molecule has 0 N–H and O–H groups in total. The molecule has 0 aliphatic carbocycles. The smallest absolute Gasteiger partial charge is 0.161 e. The molecule has 0 aromatic heterocycles. The minimum absolute atomic E-state index is 0.115. The highest BCUT2D eigenvalue weighted by Crippen LogP contribution is 2.29. The van der Waals surface area contributed by atoms with Crippen molar-refractivity contribution in [1.29, 1.82) is 0 Å². The molecule has 4 heteroatoms. The largest absolute Gasteiger partial charge is 0.493 e. The zero-order valence-electron chi connectivity index (χ0n) is 12.7. The van der Waals surface area contributed by atoms with Crippen LogP contribution >= 0.6 is 0 Å². The lowest BCUT2D eigenvalue weighted by atomic mass is 9.90. The van der Waals surface area contributed by atoms with E-state index in [2.05, 4.69) is 17.9 Å². The summed E-state index contributed by atoms with van der Waals surface area (Å²) in [5.41, 5.74) is 1.18. The van der Waals surface area contributed by atoms with E-state index in [0.717, 1.165) is 24.6 Å². The number of Topliss-reactive ketones (excluding diaryl/α,β-unsaturated/α-hetero) is 1. The van der Waals surface area contributed by atoms with Crippen molar-refractivity contribution in [2.45, 2.75) is 32.9 Å². The van der Waals surface area contributed by atoms with E-state index in [1.807, 2.05) is 19.1 Å². The van der Waals surface area contributed by atoms with Gasteiger partial charge in [-0.2, -0.15) is 0 Å². The van der Waals surface area contributed by atoms with Crippen molar-refractivity contribution in [2.24, 2.45) is 5.92 Å². The van der Waals surface area contributed by atoms with Crippen LogP contribution in [0.4, 0.5) is 0 Å². The van der Waals surface area contributed by atoms with Gasteiger partial charge < -0.3 is 9.47 Å². The molecule has 1 fully saturated rings. The number of likely N-dealkylation sites (tertiary alicyclic amines) is 1. The normalized spacial score (nSPS) is 23.7. The maximum absolute atomic E-state index is 11.7. The van der Waals surface area contributed by atoms with Gasteiger partial charge in [0.2, 0.25) is 0 Å². The van der Waals surface area contributed by atoms with E-state index >= 15 is 0 Å². The summed E-state index contributed by atoms with van der Waals surface area (Å²) in [5.74, 6) is 1.98. The van der Waals surface area contributed by atoms with E-state index < -0.39 is 0 Å². The topological polar surface area (TPSA) is 38.8 Å². The molecule has 0 spiro atoms. The van der Waals surface area contributed by atoms with Crippen LogP contribution in [0.1, 0.15) is 25.8 Å². The Bertz CT molecular complexity index is 487. The molecular weight excluding hydrogens is 254 g/mol. The molecule has 0 amide bonds. The van der Waals surface area contributed by atoms with Crippen LogP contribution in [0.2, 0.25) is 0 Å². The van der Waals surface area contributed by atoms with Gasteiger partial charge in [-0.25, -0.2) is 0 Å². The zero-order valence-corrected chi connectivity index (χ0v) is 12.7. The van der Waals surface area contributed by atoms with Crippen molar-refractivity contribution in [3.63, 3.8) is 0 Å². The predicted octanol–water partition coefficient (Wildman–Crippen LogP) is 2.50. The van der Waals surface area contributed by atoms with E-state index in [4.69, 9.17) is 9.47 Å². The van der Waals surface area contributed by atoms with Crippen LogP contribution in [0.5, 0.6) is 11.5 Å². The Balaban J connectivity index is 2.12. The highest BCUT2D eigenvalue weighted by atomic mass is 16.5. The van der Waals surface area contributed by atoms with Crippen LogP contribution in [0, 0.1) is 5.92 Å². The maximum atomic E-state index is 11.7. The van der Waals surface area contributed by atoms with Crippen molar-refractivity contribution in [3.8, 4) is 11.5 Å². The predicted molar refractivity (Wildman–Crippen MR) is 78.2 cm³/mol. The van der Waals surface area contributed by atoms with E-state index in [0.29, 0.717) is 12.2 Å². The van der Waals surface area contributed by atoms with Gasteiger partial charge in [0.1, 0.15) is 5.78 Å². The van der Waals surface area contributed by atoms with Crippen molar-refractivity contribution in [3.05, 3.63) is 23.8 Å². The van der Waals surface area contributed by atoms with Crippen LogP contribution in [-0.2, 0) is 11.3 Å². The number of carbonyl (C=O) groups excluding carboxylic acids is 1. The Labute approximate surface area is 120 Å². The van der Waals surface area contributed by atoms with Gasteiger partial charge >= 0.3 is 0 Å². The molecule has 0 saturated carbocycles. The Morgan fingerprint density at radius 3 is 2.55 bits per heavy atom. The average molecular weight is 277 g/mol. The number of hydrogen-bond acceptors (Lipinski definition) is 4. The molecule has 110 valence electrons. The first-order chi connectivity index (χ1) is 9.56. The fourth-order valence-corrected chi connectivity index (χ4v) is 2.71. The SMILES string of the molecule is COc1ccc(CN2CCC(=O)C(C)C2C)cc1OC. The summed E-state index contributed by atoms with van der Waals surface area (Å²) in [4.78, 5) is 14.1. The molecule has 2 atom stereocenters. The van der Waals surface area contributed by atoms with Gasteiger partial charge in [0, 0.05) is 31.5 Å². The Hall–Kier alpha value is -1.55. The van der Waals surface area contributed by atoms with Gasteiger partial charge in [-0.05, 0) is 24.6 Å². The van der Waals surface area contributed by atoms with Gasteiger partial charge in [0.25, 0.3) is 0 Å². The lowest BCUT2D eigenvalue weighted by Crippen LogP contribution is -2.46. The molecule has 1 heterocycles. The fraction of sp³-hybridized carbons (Fsp3) is 0.562. The van der Waals surface area contributed by atoms with Crippen LogP contribution in [-0.4, -0.2) is 37.5 Å². The molecule has 1 aromatic carbocycles. The Morgan fingerprint density at radius 2 is 1.90 bits per heavy atom. The summed E-state index contributed by atoms with van der Waals surface area (Å²) in [7, 11) is 3.28. The number of ether oxygens (including phenoxy) is 2. The second kappa shape index (κ2) is 6.27. The molecule has 0 radical (unpaired) electrons. The zero-order chi connectivity index (χ0) is 14.7. The number of hydrogen-bond donors (Lipinski definition) is 0. The van der Waals surface area contributed by atoms with Gasteiger partial charge in [-0.15, -0.1) is 0 Å². The summed E-state index contributed by atoms with van der Waals surface area (Å²) in [5, 5.41) is 0. The van der Waals surface area contributed by atoms with Crippen molar-refractivity contribution >= 4 is 5.78 Å². The summed E-state index contributed by atoms with van der Waals surface area (Å²) >= 11 is 0. The molecule has 4 nitrogen and oxygen atoms in total. The molecular formula is C16H23NO3. The van der Waals surface area contributed by atoms with E-state index in [1.54, 1.807) is 14.2 Å². The number of rotatable bonds is 4. The number of benzene rings is 1. The van der Waals surface area contributed by atoms with Crippen molar-refractivity contribution in [2.75, 3.05) is 20.8 Å². The van der Waals surface area contributed by atoms with Gasteiger partial charge in [0.05, 0.1) is 14.2 Å². The van der Waals surface area contributed by atoms with E-state index in [-0.39, 0.29) is 12.0 Å². The minimum atomic E-state index is 0.115. The summed E-state index contributed by atoms with van der Waals surface area (Å²) in [6.07, 6.45) is 0.652. The van der Waals surface area contributed by atoms with Crippen molar-refractivity contribution in [1.82, 2.24) is 4.90 Å². The monoisotopic (exact) mass is 277 g/mol. The lowest BCUT2D eigenvalue weighted by molar-refractivity contribution is -0.128. The molecule has 0 bridgehead atoms. The molecule has 1 aliphatic heterocycles. The highest BCUT2D eigenvalue weighted by molar-refractivity contribution is 5.82. The number of nitrogens with zero attached hydrogens (tertiary/aromatic N) is 1. The quantitative estimate of drug-likeness (QED) is 0.847. The third-order valence-corrected chi connectivity index (χ3v) is 4.29. The third kappa shape index (κ3) is 2.96. The van der Waals surface area contributed by atoms with Gasteiger partial charge in [-0.1, -0.05) is 13.0 Å². The molecule has 2 rings (SSSR count). The van der Waals surface area contributed by atoms with Gasteiger partial charge in [-0.3, -0.25) is 9.69 Å². The molecule has 2 unspecified atom stereocenters.